The van der Waals surface area contributed by atoms with E-state index in [1.165, 1.54) is 5.56 Å². The van der Waals surface area contributed by atoms with E-state index in [0.717, 1.165) is 51.7 Å². The largest absolute Gasteiger partial charge is 0.245 e. The quantitative estimate of drug-likeness (QED) is 0.385. The Morgan fingerprint density at radius 3 is 2.48 bits per heavy atom. The number of thioether (sulfide) groups is 1. The Hall–Kier alpha value is -2.28. The number of benzene rings is 2. The highest BCUT2D eigenvalue weighted by Crippen LogP contribution is 2.43. The lowest BCUT2D eigenvalue weighted by Gasteiger charge is -2.36. The number of pyridine rings is 1. The van der Waals surface area contributed by atoms with Crippen LogP contribution in [0.1, 0.15) is 49.6 Å². The molecule has 0 saturated carbocycles. The van der Waals surface area contributed by atoms with E-state index in [4.69, 9.17) is 16.6 Å². The van der Waals surface area contributed by atoms with Crippen LogP contribution in [0, 0.1) is 22.7 Å². The zero-order chi connectivity index (χ0) is 22.0. The van der Waals surface area contributed by atoms with Crippen LogP contribution in [-0.4, -0.2) is 4.98 Å². The summed E-state index contributed by atoms with van der Waals surface area (Å²) in [7, 11) is 0. The molecule has 0 saturated heterocycles. The van der Waals surface area contributed by atoms with Crippen LogP contribution in [0.2, 0.25) is 5.02 Å². The molecule has 0 aliphatic heterocycles. The van der Waals surface area contributed by atoms with Crippen molar-refractivity contribution in [2.75, 3.05) is 0 Å². The lowest BCUT2D eigenvalue weighted by Crippen LogP contribution is -2.28. The number of nitriles is 1. The molecule has 1 aliphatic rings. The maximum atomic E-state index is 10.2. The summed E-state index contributed by atoms with van der Waals surface area (Å²) >= 11 is 7.98. The van der Waals surface area contributed by atoms with Gasteiger partial charge >= 0.3 is 0 Å². The number of nitrogens with zero attached hydrogens (tertiary/aromatic N) is 2. The predicted octanol–water partition coefficient (Wildman–Crippen LogP) is 7.72. The van der Waals surface area contributed by atoms with E-state index in [1.807, 2.05) is 42.5 Å². The van der Waals surface area contributed by atoms with Gasteiger partial charge < -0.3 is 0 Å². The van der Waals surface area contributed by atoms with Gasteiger partial charge in [-0.15, -0.1) is 11.8 Å². The summed E-state index contributed by atoms with van der Waals surface area (Å²) in [4.78, 5) is 5.03. The van der Waals surface area contributed by atoms with Crippen LogP contribution in [0.15, 0.2) is 59.6 Å². The third kappa shape index (κ3) is 4.66. The topological polar surface area (TPSA) is 36.7 Å². The van der Waals surface area contributed by atoms with Gasteiger partial charge in [-0.2, -0.15) is 5.26 Å². The smallest absolute Gasteiger partial charge is 0.115 e. The number of aromatic nitrogens is 1. The summed E-state index contributed by atoms with van der Waals surface area (Å²) in [5, 5.41) is 11.8. The van der Waals surface area contributed by atoms with Crippen LogP contribution in [0.3, 0.4) is 0 Å². The number of aryl methyl sites for hydroxylation is 1. The molecule has 2 nitrogen and oxygen atoms in total. The molecule has 0 radical (unpaired) electrons. The molecule has 4 rings (SSSR count). The zero-order valence-electron chi connectivity index (χ0n) is 18.3. The summed E-state index contributed by atoms with van der Waals surface area (Å²) in [6.07, 6.45) is 3.07. The molecule has 4 heteroatoms. The predicted molar refractivity (Wildman–Crippen MR) is 130 cm³/mol. The van der Waals surface area contributed by atoms with Crippen molar-refractivity contribution in [3.8, 4) is 17.2 Å². The monoisotopic (exact) mass is 446 g/mol. The zero-order valence-corrected chi connectivity index (χ0v) is 19.9. The highest BCUT2D eigenvalue weighted by atomic mass is 35.5. The number of rotatable bonds is 4. The Morgan fingerprint density at radius 2 is 1.81 bits per heavy atom. The normalized spacial score (nSPS) is 15.9. The molecule has 1 atom stereocenters. The van der Waals surface area contributed by atoms with Crippen molar-refractivity contribution in [1.29, 1.82) is 5.26 Å². The van der Waals surface area contributed by atoms with E-state index in [2.05, 4.69) is 39.0 Å². The molecule has 3 aromatic rings. The average molecular weight is 447 g/mol. The maximum absolute atomic E-state index is 10.2. The lowest BCUT2D eigenvalue weighted by molar-refractivity contribution is 0.215. The molecular formula is C27H27ClN2S. The maximum Gasteiger partial charge on any atom is 0.115 e. The SMILES string of the molecule is CC(C)(C)[C@H]1CCc2nc(SCc3ccccc3Cl)c(C#N)c(-c3ccccc3)c2C1. The molecule has 31 heavy (non-hydrogen) atoms. The molecule has 0 fully saturated rings. The first-order chi connectivity index (χ1) is 14.9. The van der Waals surface area contributed by atoms with E-state index in [1.54, 1.807) is 11.8 Å². The van der Waals surface area contributed by atoms with Crippen LogP contribution >= 0.6 is 23.4 Å². The van der Waals surface area contributed by atoms with Crippen LogP contribution in [0.5, 0.6) is 0 Å². The lowest BCUT2D eigenvalue weighted by atomic mass is 9.70. The second-order valence-corrected chi connectivity index (χ2v) is 10.6. The van der Waals surface area contributed by atoms with Crippen molar-refractivity contribution in [3.63, 3.8) is 0 Å². The second-order valence-electron chi connectivity index (χ2n) is 9.26. The van der Waals surface area contributed by atoms with E-state index in [-0.39, 0.29) is 5.41 Å². The molecule has 0 unspecified atom stereocenters. The summed E-state index contributed by atoms with van der Waals surface area (Å²) in [6, 6.07) is 20.7. The minimum atomic E-state index is 0.232. The fourth-order valence-corrected chi connectivity index (χ4v) is 5.66. The Labute approximate surface area is 194 Å². The Morgan fingerprint density at radius 1 is 1.10 bits per heavy atom. The van der Waals surface area contributed by atoms with Gasteiger partial charge in [-0.3, -0.25) is 0 Å². The molecule has 1 aliphatic carbocycles. The van der Waals surface area contributed by atoms with Crippen LogP contribution < -0.4 is 0 Å². The van der Waals surface area contributed by atoms with Crippen molar-refractivity contribution < 1.29 is 0 Å². The molecule has 0 amide bonds. The Bertz CT molecular complexity index is 1130. The highest BCUT2D eigenvalue weighted by molar-refractivity contribution is 7.98. The fourth-order valence-electron chi connectivity index (χ4n) is 4.37. The first kappa shape index (κ1) is 21.9. The average Bonchev–Trinajstić information content (AvgIpc) is 2.77. The number of halogens is 1. The summed E-state index contributed by atoms with van der Waals surface area (Å²) in [5.41, 5.74) is 6.57. The first-order valence-electron chi connectivity index (χ1n) is 10.8. The molecule has 0 bridgehead atoms. The highest BCUT2D eigenvalue weighted by Gasteiger charge is 2.32. The third-order valence-corrected chi connectivity index (χ3v) is 7.64. The van der Waals surface area contributed by atoms with Gasteiger partial charge in [0, 0.05) is 22.0 Å². The van der Waals surface area contributed by atoms with Crippen molar-refractivity contribution in [3.05, 3.63) is 82.0 Å². The molecule has 0 N–H and O–H groups in total. The van der Waals surface area contributed by atoms with Gasteiger partial charge in [0.15, 0.2) is 0 Å². The van der Waals surface area contributed by atoms with Crippen LogP contribution in [-0.2, 0) is 18.6 Å². The van der Waals surface area contributed by atoms with Gasteiger partial charge in [0.1, 0.15) is 11.1 Å². The number of fused-ring (bicyclic) bond motifs is 1. The van der Waals surface area contributed by atoms with Gasteiger partial charge in [0.2, 0.25) is 0 Å². The second kappa shape index (κ2) is 9.07. The van der Waals surface area contributed by atoms with Crippen molar-refractivity contribution >= 4 is 23.4 Å². The third-order valence-electron chi connectivity index (χ3n) is 6.25. The standard InChI is InChI=1S/C27H27ClN2S/c1-27(2,3)20-13-14-24-21(15-20)25(18-9-5-4-6-10-18)22(16-29)26(30-24)31-17-19-11-7-8-12-23(19)28/h4-12,20H,13-15,17H2,1-3H3/t20-/m0/s1. The molecule has 1 heterocycles. The summed E-state index contributed by atoms with van der Waals surface area (Å²) < 4.78 is 0. The molecular weight excluding hydrogens is 420 g/mol. The van der Waals surface area contributed by atoms with E-state index in [0.29, 0.717) is 17.2 Å². The van der Waals surface area contributed by atoms with Gasteiger partial charge in [-0.1, -0.05) is 80.9 Å². The van der Waals surface area contributed by atoms with Crippen molar-refractivity contribution in [1.82, 2.24) is 4.98 Å². The molecule has 1 aromatic heterocycles. The number of hydrogen-bond acceptors (Lipinski definition) is 3. The van der Waals surface area contributed by atoms with E-state index >= 15 is 0 Å². The molecule has 0 spiro atoms. The van der Waals surface area contributed by atoms with Gasteiger partial charge in [-0.05, 0) is 53.4 Å². The Balaban J connectivity index is 1.81. The van der Waals surface area contributed by atoms with Crippen LogP contribution in [0.4, 0.5) is 0 Å². The number of hydrogen-bond donors (Lipinski definition) is 0. The fraction of sp³-hybridized carbons (Fsp3) is 0.333. The van der Waals surface area contributed by atoms with Gasteiger partial charge in [0.25, 0.3) is 0 Å². The van der Waals surface area contributed by atoms with Gasteiger partial charge in [-0.25, -0.2) is 4.98 Å². The van der Waals surface area contributed by atoms with Crippen molar-refractivity contribution in [2.24, 2.45) is 11.3 Å². The minimum absolute atomic E-state index is 0.232. The van der Waals surface area contributed by atoms with E-state index in [9.17, 15) is 5.26 Å². The van der Waals surface area contributed by atoms with E-state index < -0.39 is 0 Å². The summed E-state index contributed by atoms with van der Waals surface area (Å²) in [5.74, 6) is 1.27. The summed E-state index contributed by atoms with van der Waals surface area (Å²) in [6.45, 7) is 6.95. The van der Waals surface area contributed by atoms with Crippen molar-refractivity contribution in [2.45, 2.75) is 50.8 Å². The van der Waals surface area contributed by atoms with Gasteiger partial charge in [0.05, 0.1) is 5.56 Å². The Kier molecular flexibility index (Phi) is 6.42. The molecule has 2 aromatic carbocycles. The minimum Gasteiger partial charge on any atom is -0.245 e. The molecule has 158 valence electrons. The first-order valence-corrected chi connectivity index (χ1v) is 12.1. The van der Waals surface area contributed by atoms with Crippen LogP contribution in [0.25, 0.3) is 11.1 Å².